The molecular weight excluding hydrogens is 262 g/mol. The van der Waals surface area contributed by atoms with Gasteiger partial charge in [0.05, 0.1) is 6.10 Å². The first kappa shape index (κ1) is 14.9. The average molecular weight is 289 g/mol. The van der Waals surface area contributed by atoms with Gasteiger partial charge in [-0.3, -0.25) is 0 Å². The van der Waals surface area contributed by atoms with Crippen LogP contribution in [0, 0.1) is 0 Å². The summed E-state index contributed by atoms with van der Waals surface area (Å²) < 4.78 is 6.13. The summed E-state index contributed by atoms with van der Waals surface area (Å²) >= 11 is 0. The molecule has 1 aromatic rings. The number of hydrogen-bond donors (Lipinski definition) is 2. The molecule has 0 spiro atoms. The highest BCUT2D eigenvalue weighted by atomic mass is 16.5. The molecular formula is C18H27NO2. The lowest BCUT2D eigenvalue weighted by Gasteiger charge is -2.27. The number of fused-ring (bicyclic) bond motifs is 1. The molecule has 3 unspecified atom stereocenters. The lowest BCUT2D eigenvalue weighted by Crippen LogP contribution is -2.30. The lowest BCUT2D eigenvalue weighted by atomic mass is 9.87. The van der Waals surface area contributed by atoms with Crippen LogP contribution >= 0.6 is 0 Å². The van der Waals surface area contributed by atoms with Crippen molar-refractivity contribution in [1.82, 2.24) is 5.32 Å². The van der Waals surface area contributed by atoms with Crippen molar-refractivity contribution in [2.24, 2.45) is 0 Å². The maximum absolute atomic E-state index is 10.2. The minimum atomic E-state index is -0.316. The molecule has 2 aliphatic rings. The highest BCUT2D eigenvalue weighted by Gasteiger charge is 2.24. The van der Waals surface area contributed by atoms with Crippen LogP contribution in [0.15, 0.2) is 18.2 Å². The van der Waals surface area contributed by atoms with Crippen molar-refractivity contribution in [2.45, 2.75) is 69.6 Å². The number of benzene rings is 1. The van der Waals surface area contributed by atoms with Gasteiger partial charge in [-0.2, -0.15) is 0 Å². The molecule has 0 amide bonds. The van der Waals surface area contributed by atoms with E-state index < -0.39 is 0 Å². The third-order valence-electron chi connectivity index (χ3n) is 4.99. The van der Waals surface area contributed by atoms with E-state index in [9.17, 15) is 5.11 Å². The van der Waals surface area contributed by atoms with E-state index in [-0.39, 0.29) is 12.2 Å². The highest BCUT2D eigenvalue weighted by Crippen LogP contribution is 2.33. The van der Waals surface area contributed by atoms with Gasteiger partial charge in [-0.25, -0.2) is 0 Å². The van der Waals surface area contributed by atoms with E-state index in [1.54, 1.807) is 0 Å². The van der Waals surface area contributed by atoms with Gasteiger partial charge in [-0.05, 0) is 68.8 Å². The molecule has 0 saturated heterocycles. The minimum Gasteiger partial charge on any atom is -0.488 e. The van der Waals surface area contributed by atoms with Gasteiger partial charge in [0.2, 0.25) is 0 Å². The summed E-state index contributed by atoms with van der Waals surface area (Å²) in [4.78, 5) is 0. The predicted molar refractivity (Wildman–Crippen MR) is 84.7 cm³/mol. The fourth-order valence-corrected chi connectivity index (χ4v) is 3.72. The molecule has 21 heavy (non-hydrogen) atoms. The normalized spacial score (nSPS) is 29.5. The van der Waals surface area contributed by atoms with Gasteiger partial charge < -0.3 is 15.2 Å². The first-order valence-corrected chi connectivity index (χ1v) is 8.43. The zero-order valence-electron chi connectivity index (χ0n) is 13.0. The quantitative estimate of drug-likeness (QED) is 0.838. The fourth-order valence-electron chi connectivity index (χ4n) is 3.72. The largest absolute Gasteiger partial charge is 0.488 e. The predicted octanol–water partition coefficient (Wildman–Crippen LogP) is 3.36. The van der Waals surface area contributed by atoms with E-state index in [1.807, 2.05) is 7.05 Å². The molecule has 1 saturated carbocycles. The summed E-state index contributed by atoms with van der Waals surface area (Å²) in [7, 11) is 2.03. The van der Waals surface area contributed by atoms with Crippen LogP contribution in [0.4, 0.5) is 0 Å². The van der Waals surface area contributed by atoms with E-state index >= 15 is 0 Å². The number of aryl methyl sites for hydroxylation is 1. The number of hydrogen-bond acceptors (Lipinski definition) is 3. The Bertz CT molecular complexity index is 474. The van der Waals surface area contributed by atoms with Crippen molar-refractivity contribution in [2.75, 3.05) is 7.05 Å². The van der Waals surface area contributed by atoms with Gasteiger partial charge in [0, 0.05) is 6.04 Å². The summed E-state index contributed by atoms with van der Waals surface area (Å²) in [5.74, 6) is 0.918. The Kier molecular flexibility index (Phi) is 4.81. The Balaban J connectivity index is 1.76. The van der Waals surface area contributed by atoms with Gasteiger partial charge in [0.25, 0.3) is 0 Å². The summed E-state index contributed by atoms with van der Waals surface area (Å²) in [6.07, 6.45) is 8.58. The van der Waals surface area contributed by atoms with E-state index in [1.165, 1.54) is 36.8 Å². The third kappa shape index (κ3) is 3.41. The molecule has 2 N–H and O–H groups in total. The average Bonchev–Trinajstić information content (AvgIpc) is 2.71. The van der Waals surface area contributed by atoms with Crippen molar-refractivity contribution in [3.8, 4) is 5.75 Å². The van der Waals surface area contributed by atoms with Gasteiger partial charge >= 0.3 is 0 Å². The van der Waals surface area contributed by atoms with E-state index in [2.05, 4.69) is 23.5 Å². The second-order valence-electron chi connectivity index (χ2n) is 6.46. The zero-order valence-corrected chi connectivity index (χ0v) is 13.0. The van der Waals surface area contributed by atoms with Crippen LogP contribution in [0.3, 0.4) is 0 Å². The maximum atomic E-state index is 10.2. The number of aliphatic hydroxyl groups is 1. The third-order valence-corrected chi connectivity index (χ3v) is 4.99. The van der Waals surface area contributed by atoms with Crippen LogP contribution in [-0.2, 0) is 6.42 Å². The Morgan fingerprint density at radius 1 is 1.10 bits per heavy atom. The Morgan fingerprint density at radius 3 is 2.81 bits per heavy atom. The van der Waals surface area contributed by atoms with Gasteiger partial charge in [0.1, 0.15) is 11.9 Å². The van der Waals surface area contributed by atoms with Gasteiger partial charge in [-0.15, -0.1) is 0 Å². The molecule has 0 aromatic heterocycles. The molecule has 116 valence electrons. The van der Waals surface area contributed by atoms with Crippen LogP contribution < -0.4 is 10.1 Å². The minimum absolute atomic E-state index is 0.0397. The van der Waals surface area contributed by atoms with Gasteiger partial charge in [-0.1, -0.05) is 18.9 Å². The van der Waals surface area contributed by atoms with Gasteiger partial charge in [0.15, 0.2) is 0 Å². The number of aliphatic hydroxyl groups excluding tert-OH is 1. The van der Waals surface area contributed by atoms with Crippen molar-refractivity contribution in [1.29, 1.82) is 0 Å². The Morgan fingerprint density at radius 2 is 1.95 bits per heavy atom. The summed E-state index contributed by atoms with van der Waals surface area (Å²) in [6.45, 7) is 0. The Hall–Kier alpha value is -1.06. The Labute approximate surface area is 127 Å². The van der Waals surface area contributed by atoms with Crippen LogP contribution in [0.1, 0.15) is 62.1 Å². The van der Waals surface area contributed by atoms with Crippen molar-refractivity contribution in [3.63, 3.8) is 0 Å². The maximum Gasteiger partial charge on any atom is 0.124 e. The van der Waals surface area contributed by atoms with Crippen molar-refractivity contribution >= 4 is 0 Å². The van der Waals surface area contributed by atoms with E-state index in [0.717, 1.165) is 31.4 Å². The molecule has 3 atom stereocenters. The topological polar surface area (TPSA) is 41.5 Å². The highest BCUT2D eigenvalue weighted by molar-refractivity contribution is 5.39. The molecule has 1 aromatic carbocycles. The van der Waals surface area contributed by atoms with Crippen molar-refractivity contribution < 1.29 is 9.84 Å². The smallest absolute Gasteiger partial charge is 0.124 e. The zero-order chi connectivity index (χ0) is 14.7. The second-order valence-corrected chi connectivity index (χ2v) is 6.46. The van der Waals surface area contributed by atoms with E-state index in [0.29, 0.717) is 6.04 Å². The number of rotatable bonds is 3. The SMILES string of the molecule is CNC1CCCc2ccc(OC3CCCCCC3O)cc21. The molecule has 0 aliphatic heterocycles. The molecule has 1 fully saturated rings. The van der Waals surface area contributed by atoms with Crippen LogP contribution in [0.5, 0.6) is 5.75 Å². The van der Waals surface area contributed by atoms with Crippen LogP contribution in [0.2, 0.25) is 0 Å². The fraction of sp³-hybridized carbons (Fsp3) is 0.667. The number of ether oxygens (including phenoxy) is 1. The molecule has 3 heteroatoms. The summed E-state index contributed by atoms with van der Waals surface area (Å²) in [5.41, 5.74) is 2.82. The van der Waals surface area contributed by atoms with Crippen LogP contribution in [-0.4, -0.2) is 24.4 Å². The van der Waals surface area contributed by atoms with Crippen molar-refractivity contribution in [3.05, 3.63) is 29.3 Å². The standard InChI is InChI=1S/C18H27NO2/c1-19-16-7-5-6-13-10-11-14(12-15(13)16)21-18-9-4-2-3-8-17(18)20/h10-12,16-20H,2-9H2,1H3. The lowest BCUT2D eigenvalue weighted by molar-refractivity contribution is 0.0319. The van der Waals surface area contributed by atoms with Crippen LogP contribution in [0.25, 0.3) is 0 Å². The van der Waals surface area contributed by atoms with E-state index in [4.69, 9.17) is 4.74 Å². The first-order valence-electron chi connectivity index (χ1n) is 8.43. The monoisotopic (exact) mass is 289 g/mol. The molecule has 3 rings (SSSR count). The molecule has 3 nitrogen and oxygen atoms in total. The molecule has 0 heterocycles. The molecule has 0 radical (unpaired) electrons. The number of nitrogens with one attached hydrogen (secondary N) is 1. The summed E-state index contributed by atoms with van der Waals surface area (Å²) in [5, 5.41) is 13.6. The molecule has 2 aliphatic carbocycles. The first-order chi connectivity index (χ1) is 10.3. The molecule has 0 bridgehead atoms. The summed E-state index contributed by atoms with van der Waals surface area (Å²) in [6, 6.07) is 6.91. The second kappa shape index (κ2) is 6.80.